The van der Waals surface area contributed by atoms with Crippen molar-refractivity contribution in [2.24, 2.45) is 12.8 Å². The van der Waals surface area contributed by atoms with E-state index in [9.17, 15) is 10.1 Å². The summed E-state index contributed by atoms with van der Waals surface area (Å²) in [7, 11) is 1.73. The summed E-state index contributed by atoms with van der Waals surface area (Å²) in [5, 5.41) is 10.5. The molecule has 1 aliphatic heterocycles. The number of hydrogen-bond acceptors (Lipinski definition) is 4. The Bertz CT molecular complexity index is 1160. The lowest BCUT2D eigenvalue weighted by molar-refractivity contribution is 0.396. The Balaban J connectivity index is 2.12. The fraction of sp³-hybridized carbons (Fsp3) is 0.143. The molecule has 1 aromatic heterocycles. The minimum absolute atomic E-state index is 0.0454. The van der Waals surface area contributed by atoms with Crippen molar-refractivity contribution in [2.45, 2.75) is 12.8 Å². The summed E-state index contributed by atoms with van der Waals surface area (Å²) >= 11 is 0. The van der Waals surface area contributed by atoms with Gasteiger partial charge in [0.25, 0.3) is 5.56 Å². The monoisotopic (exact) mass is 343 g/mol. The summed E-state index contributed by atoms with van der Waals surface area (Å²) in [6.45, 7) is 1.99. The fourth-order valence-electron chi connectivity index (χ4n) is 3.52. The predicted octanol–water partition coefficient (Wildman–Crippen LogP) is 3.07. The summed E-state index contributed by atoms with van der Waals surface area (Å²) in [5.41, 5.74) is 9.28. The van der Waals surface area contributed by atoms with E-state index < -0.39 is 5.92 Å². The van der Waals surface area contributed by atoms with Gasteiger partial charge < -0.3 is 15.0 Å². The van der Waals surface area contributed by atoms with E-state index in [4.69, 9.17) is 10.5 Å². The molecule has 1 atom stereocenters. The highest BCUT2D eigenvalue weighted by Crippen LogP contribution is 2.43. The highest BCUT2D eigenvalue weighted by molar-refractivity contribution is 5.88. The largest absolute Gasteiger partial charge is 0.439 e. The number of para-hydroxylation sites is 1. The maximum Gasteiger partial charge on any atom is 0.258 e. The van der Waals surface area contributed by atoms with Gasteiger partial charge in [-0.25, -0.2) is 0 Å². The Morgan fingerprint density at radius 2 is 1.85 bits per heavy atom. The second kappa shape index (κ2) is 5.78. The second-order valence-electron chi connectivity index (χ2n) is 6.46. The molecular formula is C21H17N3O2. The van der Waals surface area contributed by atoms with E-state index in [-0.39, 0.29) is 17.0 Å². The van der Waals surface area contributed by atoms with Gasteiger partial charge in [0, 0.05) is 12.4 Å². The first-order chi connectivity index (χ1) is 12.5. The molecule has 0 saturated heterocycles. The molecule has 0 bridgehead atoms. The van der Waals surface area contributed by atoms with Crippen molar-refractivity contribution in [2.75, 3.05) is 0 Å². The van der Waals surface area contributed by atoms with Gasteiger partial charge in [0.15, 0.2) is 0 Å². The molecule has 4 rings (SSSR count). The van der Waals surface area contributed by atoms with Crippen molar-refractivity contribution in [3.63, 3.8) is 0 Å². The lowest BCUT2D eigenvalue weighted by Gasteiger charge is -2.27. The molecule has 0 radical (unpaired) electrons. The van der Waals surface area contributed by atoms with Crippen LogP contribution in [-0.4, -0.2) is 4.57 Å². The van der Waals surface area contributed by atoms with E-state index in [2.05, 4.69) is 6.07 Å². The van der Waals surface area contributed by atoms with Gasteiger partial charge in [-0.15, -0.1) is 0 Å². The van der Waals surface area contributed by atoms with E-state index in [0.29, 0.717) is 11.3 Å². The molecule has 0 fully saturated rings. The quantitative estimate of drug-likeness (QED) is 0.736. The third-order valence-corrected chi connectivity index (χ3v) is 4.88. The van der Waals surface area contributed by atoms with Crippen LogP contribution in [0.4, 0.5) is 0 Å². The van der Waals surface area contributed by atoms with Crippen molar-refractivity contribution in [3.05, 3.63) is 87.0 Å². The number of rotatable bonds is 1. The highest BCUT2D eigenvalue weighted by atomic mass is 16.5. The van der Waals surface area contributed by atoms with E-state index in [0.717, 1.165) is 22.0 Å². The van der Waals surface area contributed by atoms with Crippen molar-refractivity contribution in [1.29, 1.82) is 5.26 Å². The summed E-state index contributed by atoms with van der Waals surface area (Å²) in [6.07, 6.45) is 0. The minimum Gasteiger partial charge on any atom is -0.439 e. The number of pyridine rings is 1. The average Bonchev–Trinajstić information content (AvgIpc) is 2.66. The van der Waals surface area contributed by atoms with Gasteiger partial charge in [-0.05, 0) is 24.6 Å². The van der Waals surface area contributed by atoms with E-state index in [1.54, 1.807) is 11.6 Å². The number of aromatic nitrogens is 1. The average molecular weight is 343 g/mol. The molecule has 1 aliphatic rings. The maximum absolute atomic E-state index is 13.2. The zero-order valence-corrected chi connectivity index (χ0v) is 14.5. The molecule has 0 amide bonds. The number of nitrogens with two attached hydrogens (primary N) is 1. The van der Waals surface area contributed by atoms with E-state index in [1.165, 1.54) is 0 Å². The normalized spacial score (nSPS) is 16.1. The molecule has 2 heterocycles. The third kappa shape index (κ3) is 2.20. The number of aryl methyl sites for hydroxylation is 2. The second-order valence-corrected chi connectivity index (χ2v) is 6.46. The van der Waals surface area contributed by atoms with Crippen LogP contribution in [0.25, 0.3) is 10.9 Å². The number of nitrogens with zero attached hydrogens (tertiary/aromatic N) is 2. The predicted molar refractivity (Wildman–Crippen MR) is 99.7 cm³/mol. The Morgan fingerprint density at radius 3 is 2.54 bits per heavy atom. The first-order valence-corrected chi connectivity index (χ1v) is 8.28. The first-order valence-electron chi connectivity index (χ1n) is 8.28. The number of nitriles is 1. The van der Waals surface area contributed by atoms with Crippen LogP contribution in [0.2, 0.25) is 0 Å². The molecule has 0 unspecified atom stereocenters. The van der Waals surface area contributed by atoms with Gasteiger partial charge in [0.05, 0.1) is 17.0 Å². The Hall–Kier alpha value is -3.52. The standard InChI is InChI=1S/C21H17N3O2/c1-12-7-9-13(10-8-12)17-15(11-22)20(23)26-19-14-5-3-4-6-16(14)24(2)21(25)18(17)19/h3-10,17H,23H2,1-2H3/t17-/m1/s1. The van der Waals surface area contributed by atoms with Gasteiger partial charge in [0.1, 0.15) is 17.4 Å². The topological polar surface area (TPSA) is 81.0 Å². The smallest absolute Gasteiger partial charge is 0.258 e. The number of benzene rings is 2. The van der Waals surface area contributed by atoms with Crippen LogP contribution < -0.4 is 16.0 Å². The van der Waals surface area contributed by atoms with Crippen molar-refractivity contribution in [1.82, 2.24) is 4.57 Å². The van der Waals surface area contributed by atoms with E-state index in [1.807, 2.05) is 55.5 Å². The fourth-order valence-corrected chi connectivity index (χ4v) is 3.52. The molecule has 2 N–H and O–H groups in total. The number of allylic oxidation sites excluding steroid dienone is 1. The Kier molecular flexibility index (Phi) is 3.55. The van der Waals surface area contributed by atoms with Gasteiger partial charge in [-0.3, -0.25) is 4.79 Å². The van der Waals surface area contributed by atoms with Crippen LogP contribution in [0, 0.1) is 18.3 Å². The van der Waals surface area contributed by atoms with Gasteiger partial charge in [0.2, 0.25) is 5.88 Å². The number of hydrogen-bond donors (Lipinski definition) is 1. The molecule has 128 valence electrons. The van der Waals surface area contributed by atoms with Crippen molar-refractivity contribution in [3.8, 4) is 11.8 Å². The molecule has 0 spiro atoms. The zero-order valence-electron chi connectivity index (χ0n) is 14.5. The van der Waals surface area contributed by atoms with E-state index >= 15 is 0 Å². The lowest BCUT2D eigenvalue weighted by atomic mass is 9.83. The van der Waals surface area contributed by atoms with Crippen LogP contribution >= 0.6 is 0 Å². The number of fused-ring (bicyclic) bond motifs is 3. The lowest BCUT2D eigenvalue weighted by Crippen LogP contribution is -2.31. The molecule has 2 aromatic carbocycles. The van der Waals surface area contributed by atoms with Gasteiger partial charge in [-0.2, -0.15) is 5.26 Å². The van der Waals surface area contributed by atoms with Gasteiger partial charge in [-0.1, -0.05) is 42.0 Å². The third-order valence-electron chi connectivity index (χ3n) is 4.88. The van der Waals surface area contributed by atoms with Gasteiger partial charge >= 0.3 is 0 Å². The van der Waals surface area contributed by atoms with Crippen molar-refractivity contribution >= 4 is 10.9 Å². The first kappa shape index (κ1) is 16.0. The minimum atomic E-state index is -0.548. The summed E-state index contributed by atoms with van der Waals surface area (Å²) in [5.74, 6) is -0.0672. The molecule has 5 nitrogen and oxygen atoms in total. The van der Waals surface area contributed by atoms with Crippen LogP contribution in [0.3, 0.4) is 0 Å². The Labute approximate surface area is 150 Å². The number of ether oxygens (including phenoxy) is 1. The summed E-state index contributed by atoms with van der Waals surface area (Å²) in [4.78, 5) is 13.2. The van der Waals surface area contributed by atoms with Crippen LogP contribution in [-0.2, 0) is 7.05 Å². The highest BCUT2D eigenvalue weighted by Gasteiger charge is 2.35. The van der Waals surface area contributed by atoms with Crippen LogP contribution in [0.1, 0.15) is 22.6 Å². The van der Waals surface area contributed by atoms with Crippen molar-refractivity contribution < 1.29 is 4.74 Å². The molecule has 0 saturated carbocycles. The molecule has 26 heavy (non-hydrogen) atoms. The van der Waals surface area contributed by atoms with Crippen LogP contribution in [0.5, 0.6) is 5.75 Å². The molecule has 0 aliphatic carbocycles. The summed E-state index contributed by atoms with van der Waals surface area (Å²) in [6, 6.07) is 17.4. The summed E-state index contributed by atoms with van der Waals surface area (Å²) < 4.78 is 7.37. The zero-order chi connectivity index (χ0) is 18.4. The van der Waals surface area contributed by atoms with Crippen LogP contribution in [0.15, 0.2) is 64.8 Å². The SMILES string of the molecule is Cc1ccc([C@@H]2C(C#N)=C(N)Oc3c2c(=O)n(C)c2ccccc32)cc1. The Morgan fingerprint density at radius 1 is 1.15 bits per heavy atom. The molecule has 5 heteroatoms. The molecule has 3 aromatic rings. The molecular weight excluding hydrogens is 326 g/mol. The maximum atomic E-state index is 13.2.